The molecule has 2 aliphatic carbocycles. The van der Waals surface area contributed by atoms with E-state index in [1.807, 2.05) is 12.2 Å². The molecule has 2 bridgehead atoms. The van der Waals surface area contributed by atoms with Crippen molar-refractivity contribution < 1.29 is 9.53 Å². The number of hydrogen-bond donors (Lipinski definition) is 0. The van der Waals surface area contributed by atoms with Crippen LogP contribution >= 0.6 is 0 Å². The van der Waals surface area contributed by atoms with Gasteiger partial charge in [-0.3, -0.25) is 4.79 Å². The van der Waals surface area contributed by atoms with E-state index in [2.05, 4.69) is 9.91 Å². The van der Waals surface area contributed by atoms with Gasteiger partial charge in [-0.2, -0.15) is 4.91 Å². The average molecular weight is 181 g/mol. The zero-order valence-corrected chi connectivity index (χ0v) is 7.34. The number of carbonyl (C=O) groups is 1. The number of nitroso groups, excluding NO2 is 1. The number of ether oxygens (including phenoxy) is 1. The van der Waals surface area contributed by atoms with Crippen molar-refractivity contribution in [3.63, 3.8) is 0 Å². The molecule has 0 saturated heterocycles. The van der Waals surface area contributed by atoms with E-state index in [0.717, 1.165) is 6.42 Å². The second kappa shape index (κ2) is 2.94. The summed E-state index contributed by atoms with van der Waals surface area (Å²) in [4.78, 5) is 21.9. The highest BCUT2D eigenvalue weighted by atomic mass is 16.5. The lowest BCUT2D eigenvalue weighted by Gasteiger charge is -2.19. The maximum atomic E-state index is 11.3. The summed E-state index contributed by atoms with van der Waals surface area (Å²) in [6.07, 6.45) is 4.85. The Bertz CT molecular complexity index is 274. The molecule has 4 atom stereocenters. The summed E-state index contributed by atoms with van der Waals surface area (Å²) in [5, 5.41) is 3.02. The topological polar surface area (TPSA) is 55.7 Å². The second-order valence-electron chi connectivity index (χ2n) is 3.59. The number of carbonyl (C=O) groups excluding carboxylic acids is 1. The van der Waals surface area contributed by atoms with Crippen molar-refractivity contribution in [3.05, 3.63) is 17.1 Å². The van der Waals surface area contributed by atoms with Crippen LogP contribution in [0.5, 0.6) is 0 Å². The molecule has 0 N–H and O–H groups in total. The SMILES string of the molecule is COC(=O)[C@H]1[C@@H](N=O)[C@@H]2C=C[C@H]1C2. The van der Waals surface area contributed by atoms with Crippen molar-refractivity contribution >= 4 is 5.97 Å². The Morgan fingerprint density at radius 2 is 2.15 bits per heavy atom. The molecule has 0 aromatic rings. The number of hydrogen-bond acceptors (Lipinski definition) is 4. The lowest BCUT2D eigenvalue weighted by atomic mass is 9.89. The highest BCUT2D eigenvalue weighted by Crippen LogP contribution is 2.45. The van der Waals surface area contributed by atoms with Crippen molar-refractivity contribution in [1.29, 1.82) is 0 Å². The number of esters is 1. The summed E-state index contributed by atoms with van der Waals surface area (Å²) >= 11 is 0. The zero-order chi connectivity index (χ0) is 9.42. The Hall–Kier alpha value is -1.19. The molecule has 0 aromatic carbocycles. The molecule has 0 unspecified atom stereocenters. The summed E-state index contributed by atoms with van der Waals surface area (Å²) in [7, 11) is 1.35. The first kappa shape index (κ1) is 8.41. The quantitative estimate of drug-likeness (QED) is 0.364. The van der Waals surface area contributed by atoms with E-state index in [0.29, 0.717) is 0 Å². The van der Waals surface area contributed by atoms with Crippen LogP contribution in [0.4, 0.5) is 0 Å². The van der Waals surface area contributed by atoms with E-state index < -0.39 is 6.04 Å². The first-order valence-electron chi connectivity index (χ1n) is 4.36. The van der Waals surface area contributed by atoms with Crippen molar-refractivity contribution in [3.8, 4) is 0 Å². The zero-order valence-electron chi connectivity index (χ0n) is 7.34. The van der Waals surface area contributed by atoms with Gasteiger partial charge in [0, 0.05) is 5.92 Å². The predicted octanol–water partition coefficient (Wildman–Crippen LogP) is 1.12. The number of methoxy groups -OCH3 is 1. The highest BCUT2D eigenvalue weighted by Gasteiger charge is 2.49. The van der Waals surface area contributed by atoms with Crippen LogP contribution in [0.2, 0.25) is 0 Å². The Morgan fingerprint density at radius 1 is 1.46 bits per heavy atom. The van der Waals surface area contributed by atoms with Gasteiger partial charge >= 0.3 is 5.97 Å². The molecule has 0 aromatic heterocycles. The third-order valence-corrected chi connectivity index (χ3v) is 3.01. The van der Waals surface area contributed by atoms with Crippen molar-refractivity contribution in [2.45, 2.75) is 12.5 Å². The van der Waals surface area contributed by atoms with Crippen LogP contribution < -0.4 is 0 Å². The lowest BCUT2D eigenvalue weighted by Crippen LogP contribution is -2.31. The van der Waals surface area contributed by atoms with Gasteiger partial charge in [0.05, 0.1) is 13.0 Å². The van der Waals surface area contributed by atoms with Crippen LogP contribution in [-0.2, 0) is 9.53 Å². The minimum Gasteiger partial charge on any atom is -0.469 e. The van der Waals surface area contributed by atoms with Gasteiger partial charge in [0.1, 0.15) is 6.04 Å². The number of nitrogens with zero attached hydrogens (tertiary/aromatic N) is 1. The molecule has 4 heteroatoms. The molecule has 0 amide bonds. The van der Waals surface area contributed by atoms with Crippen LogP contribution in [0.3, 0.4) is 0 Å². The molecule has 0 aliphatic heterocycles. The second-order valence-corrected chi connectivity index (χ2v) is 3.59. The van der Waals surface area contributed by atoms with Gasteiger partial charge in [-0.1, -0.05) is 17.3 Å². The third-order valence-electron chi connectivity index (χ3n) is 3.01. The summed E-state index contributed by atoms with van der Waals surface area (Å²) in [6, 6.07) is -0.401. The third kappa shape index (κ3) is 1.08. The Balaban J connectivity index is 2.23. The maximum Gasteiger partial charge on any atom is 0.311 e. The number of allylic oxidation sites excluding steroid dienone is 1. The Labute approximate surface area is 75.9 Å². The standard InChI is InChI=1S/C9H11NO3/c1-13-9(11)7-5-2-3-6(4-5)8(7)10-12/h2-3,5-8H,4H2,1H3/t5-,6+,7+,8-/m0/s1. The van der Waals surface area contributed by atoms with Gasteiger partial charge in [-0.25, -0.2) is 0 Å². The summed E-state index contributed by atoms with van der Waals surface area (Å²) in [5.41, 5.74) is 0. The minimum atomic E-state index is -0.401. The lowest BCUT2D eigenvalue weighted by molar-refractivity contribution is -0.146. The van der Waals surface area contributed by atoms with Crippen LogP contribution in [-0.4, -0.2) is 19.1 Å². The van der Waals surface area contributed by atoms with Crippen LogP contribution in [0.15, 0.2) is 17.3 Å². The van der Waals surface area contributed by atoms with Gasteiger partial charge in [-0.05, 0) is 12.3 Å². The van der Waals surface area contributed by atoms with Crippen molar-refractivity contribution in [2.24, 2.45) is 22.9 Å². The first-order chi connectivity index (χ1) is 6.27. The smallest absolute Gasteiger partial charge is 0.311 e. The van der Waals surface area contributed by atoms with Gasteiger partial charge in [0.25, 0.3) is 0 Å². The average Bonchev–Trinajstić information content (AvgIpc) is 2.74. The number of fused-ring (bicyclic) bond motifs is 2. The normalized spacial score (nSPS) is 40.7. The fraction of sp³-hybridized carbons (Fsp3) is 0.667. The van der Waals surface area contributed by atoms with Crippen molar-refractivity contribution in [1.82, 2.24) is 0 Å². The van der Waals surface area contributed by atoms with E-state index in [1.54, 1.807) is 0 Å². The molecule has 0 radical (unpaired) electrons. The van der Waals surface area contributed by atoms with Crippen LogP contribution in [0.1, 0.15) is 6.42 Å². The summed E-state index contributed by atoms with van der Waals surface area (Å²) in [6.45, 7) is 0. The fourth-order valence-electron chi connectivity index (χ4n) is 2.39. The molecule has 70 valence electrons. The molecule has 0 heterocycles. The molecular formula is C9H11NO3. The van der Waals surface area contributed by atoms with Gasteiger partial charge in [0.2, 0.25) is 0 Å². The molecule has 2 rings (SSSR count). The number of rotatable bonds is 2. The van der Waals surface area contributed by atoms with E-state index in [9.17, 15) is 9.70 Å². The van der Waals surface area contributed by atoms with Crippen LogP contribution in [0.25, 0.3) is 0 Å². The minimum absolute atomic E-state index is 0.159. The van der Waals surface area contributed by atoms with E-state index in [1.165, 1.54) is 7.11 Å². The van der Waals surface area contributed by atoms with E-state index in [4.69, 9.17) is 0 Å². The van der Waals surface area contributed by atoms with Gasteiger partial charge in [0.15, 0.2) is 0 Å². The largest absolute Gasteiger partial charge is 0.469 e. The monoisotopic (exact) mass is 181 g/mol. The van der Waals surface area contributed by atoms with Crippen molar-refractivity contribution in [2.75, 3.05) is 7.11 Å². The maximum absolute atomic E-state index is 11.3. The molecule has 4 nitrogen and oxygen atoms in total. The summed E-state index contributed by atoms with van der Waals surface area (Å²) < 4.78 is 4.65. The molecule has 0 spiro atoms. The van der Waals surface area contributed by atoms with E-state index in [-0.39, 0.29) is 23.7 Å². The molecule has 1 saturated carbocycles. The molecule has 2 aliphatic rings. The van der Waals surface area contributed by atoms with Crippen LogP contribution in [0, 0.1) is 22.7 Å². The van der Waals surface area contributed by atoms with E-state index >= 15 is 0 Å². The predicted molar refractivity (Wildman–Crippen MR) is 45.8 cm³/mol. The fourth-order valence-corrected chi connectivity index (χ4v) is 2.39. The van der Waals surface area contributed by atoms with Gasteiger partial charge in [-0.15, -0.1) is 0 Å². The summed E-state index contributed by atoms with van der Waals surface area (Å²) in [5.74, 6) is -0.314. The first-order valence-corrected chi connectivity index (χ1v) is 4.36. The van der Waals surface area contributed by atoms with Gasteiger partial charge < -0.3 is 4.74 Å². The molecule has 13 heavy (non-hydrogen) atoms. The molecule has 1 fully saturated rings. The Kier molecular flexibility index (Phi) is 1.90. The Morgan fingerprint density at radius 3 is 2.77 bits per heavy atom. The highest BCUT2D eigenvalue weighted by molar-refractivity contribution is 5.75. The molecular weight excluding hydrogens is 170 g/mol.